The van der Waals surface area contributed by atoms with Crippen LogP contribution >= 0.6 is 24.0 Å². The summed E-state index contributed by atoms with van der Waals surface area (Å²) in [5, 5.41) is 3.14. The predicted octanol–water partition coefficient (Wildman–Crippen LogP) is 3.47. The number of hydrogen-bond acceptors (Lipinski definition) is 2. The summed E-state index contributed by atoms with van der Waals surface area (Å²) >= 11 is 0. The number of hydrogen-bond donors (Lipinski definition) is 3. The third-order valence-electron chi connectivity index (χ3n) is 3.50. The number of guanidine groups is 1. The zero-order chi connectivity index (χ0) is 15.1. The van der Waals surface area contributed by atoms with Gasteiger partial charge in [-0.1, -0.05) is 38.3 Å². The van der Waals surface area contributed by atoms with E-state index in [2.05, 4.69) is 40.2 Å². The molecule has 0 amide bonds. The van der Waals surface area contributed by atoms with Crippen LogP contribution in [0.15, 0.2) is 23.2 Å². The van der Waals surface area contributed by atoms with Gasteiger partial charge >= 0.3 is 0 Å². The Balaban J connectivity index is 0.00000242. The Morgan fingerprint density at radius 1 is 1.32 bits per heavy atom. The second-order valence-electron chi connectivity index (χ2n) is 5.34. The quantitative estimate of drug-likeness (QED) is 0.281. The van der Waals surface area contributed by atoms with Crippen molar-refractivity contribution < 1.29 is 0 Å². The molecule has 1 aromatic carbocycles. The molecule has 0 aliphatic heterocycles. The highest BCUT2D eigenvalue weighted by atomic mass is 127. The normalized spacial score (nSPS) is 11.5. The second-order valence-corrected chi connectivity index (χ2v) is 5.34. The SMILES string of the molecule is CCCCCCNC(N)=NCc1nc2c(C)cccc2[nH]1.I. The number of aromatic amines is 1. The molecule has 2 aromatic rings. The number of rotatable bonds is 7. The molecule has 6 heteroatoms. The van der Waals surface area contributed by atoms with E-state index in [1.54, 1.807) is 0 Å². The van der Waals surface area contributed by atoms with E-state index in [1.807, 2.05) is 12.1 Å². The van der Waals surface area contributed by atoms with Crippen molar-refractivity contribution in [2.24, 2.45) is 10.7 Å². The monoisotopic (exact) mass is 415 g/mol. The van der Waals surface area contributed by atoms with Crippen LogP contribution in [0.1, 0.15) is 44.0 Å². The molecule has 122 valence electrons. The number of para-hydroxylation sites is 1. The van der Waals surface area contributed by atoms with E-state index in [0.29, 0.717) is 12.5 Å². The molecule has 1 heterocycles. The molecule has 2 rings (SSSR count). The first kappa shape index (κ1) is 18.7. The number of nitrogens with two attached hydrogens (primary N) is 1. The Morgan fingerprint density at radius 2 is 2.14 bits per heavy atom. The number of unbranched alkanes of at least 4 members (excludes halogenated alkanes) is 3. The first-order chi connectivity index (χ1) is 10.2. The van der Waals surface area contributed by atoms with Crippen LogP contribution in [0.25, 0.3) is 11.0 Å². The minimum atomic E-state index is 0. The maximum Gasteiger partial charge on any atom is 0.189 e. The Morgan fingerprint density at radius 3 is 2.86 bits per heavy atom. The molecule has 0 aliphatic rings. The average Bonchev–Trinajstić information content (AvgIpc) is 2.89. The minimum Gasteiger partial charge on any atom is -0.370 e. The summed E-state index contributed by atoms with van der Waals surface area (Å²) in [6.07, 6.45) is 4.89. The lowest BCUT2D eigenvalue weighted by molar-refractivity contribution is 0.652. The third kappa shape index (κ3) is 5.47. The fraction of sp³-hybridized carbons (Fsp3) is 0.500. The van der Waals surface area contributed by atoms with Crippen molar-refractivity contribution in [3.8, 4) is 0 Å². The van der Waals surface area contributed by atoms with Gasteiger partial charge in [-0.15, -0.1) is 24.0 Å². The Bertz CT molecular complexity index is 606. The van der Waals surface area contributed by atoms with E-state index in [9.17, 15) is 0 Å². The molecule has 5 nitrogen and oxygen atoms in total. The van der Waals surface area contributed by atoms with Crippen molar-refractivity contribution in [2.75, 3.05) is 6.54 Å². The summed E-state index contributed by atoms with van der Waals surface area (Å²) in [4.78, 5) is 12.2. The van der Waals surface area contributed by atoms with Gasteiger partial charge in [0.2, 0.25) is 0 Å². The lowest BCUT2D eigenvalue weighted by Crippen LogP contribution is -2.32. The molecule has 0 aliphatic carbocycles. The van der Waals surface area contributed by atoms with Crippen LogP contribution in [-0.4, -0.2) is 22.5 Å². The summed E-state index contributed by atoms with van der Waals surface area (Å²) in [5.74, 6) is 1.33. The lowest BCUT2D eigenvalue weighted by atomic mass is 10.2. The van der Waals surface area contributed by atoms with Crippen molar-refractivity contribution in [3.05, 3.63) is 29.6 Å². The van der Waals surface area contributed by atoms with Crippen LogP contribution in [-0.2, 0) is 6.54 Å². The number of aryl methyl sites for hydroxylation is 1. The van der Waals surface area contributed by atoms with Crippen LogP contribution in [0.2, 0.25) is 0 Å². The third-order valence-corrected chi connectivity index (χ3v) is 3.50. The maximum absolute atomic E-state index is 5.86. The second kappa shape index (κ2) is 9.66. The van der Waals surface area contributed by atoms with Crippen molar-refractivity contribution >= 4 is 41.0 Å². The molecule has 0 fully saturated rings. The van der Waals surface area contributed by atoms with E-state index in [-0.39, 0.29) is 24.0 Å². The van der Waals surface area contributed by atoms with E-state index in [0.717, 1.165) is 29.8 Å². The molecular weight excluding hydrogens is 389 g/mol. The lowest BCUT2D eigenvalue weighted by Gasteiger charge is -2.04. The Kier molecular flexibility index (Phi) is 8.22. The molecule has 0 radical (unpaired) electrons. The highest BCUT2D eigenvalue weighted by Crippen LogP contribution is 2.15. The number of nitrogens with one attached hydrogen (secondary N) is 2. The van der Waals surface area contributed by atoms with Gasteiger partial charge in [0.25, 0.3) is 0 Å². The fourth-order valence-electron chi connectivity index (χ4n) is 2.29. The molecule has 0 saturated carbocycles. The fourth-order valence-corrected chi connectivity index (χ4v) is 2.29. The van der Waals surface area contributed by atoms with Gasteiger partial charge in [-0.2, -0.15) is 0 Å². The van der Waals surface area contributed by atoms with Gasteiger partial charge in [-0.05, 0) is 25.0 Å². The number of imidazole rings is 1. The molecule has 0 spiro atoms. The van der Waals surface area contributed by atoms with Crippen molar-refractivity contribution in [1.82, 2.24) is 15.3 Å². The van der Waals surface area contributed by atoms with Gasteiger partial charge in [0.15, 0.2) is 5.96 Å². The first-order valence-corrected chi connectivity index (χ1v) is 7.68. The Hall–Kier alpha value is -1.31. The number of H-pyrrole nitrogens is 1. The highest BCUT2D eigenvalue weighted by Gasteiger charge is 2.04. The molecule has 0 unspecified atom stereocenters. The van der Waals surface area contributed by atoms with Crippen molar-refractivity contribution in [1.29, 1.82) is 0 Å². The average molecular weight is 415 g/mol. The zero-order valence-electron chi connectivity index (χ0n) is 13.4. The van der Waals surface area contributed by atoms with E-state index >= 15 is 0 Å². The van der Waals surface area contributed by atoms with Crippen LogP contribution < -0.4 is 11.1 Å². The number of fused-ring (bicyclic) bond motifs is 1. The molecule has 4 N–H and O–H groups in total. The molecule has 0 saturated heterocycles. The topological polar surface area (TPSA) is 79.1 Å². The zero-order valence-corrected chi connectivity index (χ0v) is 15.7. The number of aliphatic imine (C=N–C) groups is 1. The van der Waals surface area contributed by atoms with Crippen molar-refractivity contribution in [2.45, 2.75) is 46.1 Å². The van der Waals surface area contributed by atoms with Gasteiger partial charge in [0, 0.05) is 6.54 Å². The van der Waals surface area contributed by atoms with Gasteiger partial charge in [-0.25, -0.2) is 9.98 Å². The van der Waals surface area contributed by atoms with Crippen LogP contribution in [0.3, 0.4) is 0 Å². The number of benzene rings is 1. The predicted molar refractivity (Wildman–Crippen MR) is 104 cm³/mol. The summed E-state index contributed by atoms with van der Waals surface area (Å²) in [7, 11) is 0. The van der Waals surface area contributed by atoms with E-state index in [1.165, 1.54) is 24.8 Å². The maximum atomic E-state index is 5.86. The first-order valence-electron chi connectivity index (χ1n) is 7.68. The van der Waals surface area contributed by atoms with E-state index < -0.39 is 0 Å². The van der Waals surface area contributed by atoms with Crippen LogP contribution in [0.5, 0.6) is 0 Å². The van der Waals surface area contributed by atoms with Gasteiger partial charge in [-0.3, -0.25) is 0 Å². The largest absolute Gasteiger partial charge is 0.370 e. The van der Waals surface area contributed by atoms with Crippen molar-refractivity contribution in [3.63, 3.8) is 0 Å². The number of aromatic nitrogens is 2. The highest BCUT2D eigenvalue weighted by molar-refractivity contribution is 14.0. The smallest absolute Gasteiger partial charge is 0.189 e. The standard InChI is InChI=1S/C16H25N5.HI/c1-3-4-5-6-10-18-16(17)19-11-14-20-13-9-7-8-12(2)15(13)21-14;/h7-9H,3-6,10-11H2,1-2H3,(H,20,21)(H3,17,18,19);1H. The summed E-state index contributed by atoms with van der Waals surface area (Å²) in [6, 6.07) is 6.11. The number of nitrogens with zero attached hydrogens (tertiary/aromatic N) is 2. The summed E-state index contributed by atoms with van der Waals surface area (Å²) in [5.41, 5.74) is 9.08. The molecule has 22 heavy (non-hydrogen) atoms. The molecule has 0 bridgehead atoms. The van der Waals surface area contributed by atoms with Gasteiger partial charge in [0.1, 0.15) is 12.4 Å². The molecule has 1 aromatic heterocycles. The summed E-state index contributed by atoms with van der Waals surface area (Å²) < 4.78 is 0. The van der Waals surface area contributed by atoms with Crippen LogP contribution in [0, 0.1) is 6.92 Å². The minimum absolute atomic E-state index is 0. The van der Waals surface area contributed by atoms with Gasteiger partial charge < -0.3 is 16.0 Å². The summed E-state index contributed by atoms with van der Waals surface area (Å²) in [6.45, 7) is 5.62. The molecular formula is C16H26IN5. The van der Waals surface area contributed by atoms with E-state index in [4.69, 9.17) is 5.73 Å². The molecule has 0 atom stereocenters. The Labute approximate surface area is 149 Å². The van der Waals surface area contributed by atoms with Gasteiger partial charge in [0.05, 0.1) is 11.0 Å². The van der Waals surface area contributed by atoms with Crippen LogP contribution in [0.4, 0.5) is 0 Å². The number of halogens is 1.